The van der Waals surface area contributed by atoms with E-state index in [2.05, 4.69) is 27.1 Å². The van der Waals surface area contributed by atoms with E-state index in [-0.39, 0.29) is 5.91 Å². The van der Waals surface area contributed by atoms with Crippen LogP contribution in [-0.4, -0.2) is 46.5 Å². The summed E-state index contributed by atoms with van der Waals surface area (Å²) in [5.41, 5.74) is 5.89. The van der Waals surface area contributed by atoms with Gasteiger partial charge in [-0.15, -0.1) is 0 Å². The average Bonchev–Trinajstić information content (AvgIpc) is 2.53. The molecule has 1 aromatic rings. The molecule has 0 bridgehead atoms. The lowest BCUT2D eigenvalue weighted by atomic mass is 9.83. The molecule has 3 N–H and O–H groups in total. The molecular weight excluding hydrogens is 266 g/mol. The largest absolute Gasteiger partial charge is 0.330 e. The zero-order valence-electron chi connectivity index (χ0n) is 12.7. The van der Waals surface area contributed by atoms with E-state index in [0.29, 0.717) is 31.0 Å². The van der Waals surface area contributed by atoms with E-state index < -0.39 is 0 Å². The molecule has 0 aliphatic heterocycles. The van der Waals surface area contributed by atoms with Gasteiger partial charge in [-0.2, -0.15) is 0 Å². The first-order valence-electron chi connectivity index (χ1n) is 7.75. The first kappa shape index (κ1) is 15.9. The van der Waals surface area contributed by atoms with Crippen LogP contribution in [0.25, 0.3) is 0 Å². The minimum absolute atomic E-state index is 0.0654. The molecule has 0 saturated heterocycles. The molecule has 0 spiro atoms. The summed E-state index contributed by atoms with van der Waals surface area (Å²) in [5.74, 6) is 0.793. The van der Waals surface area contributed by atoms with Crippen molar-refractivity contribution in [1.29, 1.82) is 0 Å². The highest BCUT2D eigenvalue weighted by atomic mass is 16.2. The Morgan fingerprint density at radius 3 is 2.76 bits per heavy atom. The van der Waals surface area contributed by atoms with Gasteiger partial charge in [-0.3, -0.25) is 15.0 Å². The summed E-state index contributed by atoms with van der Waals surface area (Å²) in [7, 11) is 0. The lowest BCUT2D eigenvalue weighted by molar-refractivity contribution is -0.118. The molecule has 116 valence electrons. The van der Waals surface area contributed by atoms with Crippen LogP contribution in [0, 0.1) is 5.92 Å². The number of nitrogens with two attached hydrogens (primary N) is 1. The lowest BCUT2D eigenvalue weighted by Crippen LogP contribution is -2.48. The van der Waals surface area contributed by atoms with Crippen LogP contribution < -0.4 is 11.1 Å². The maximum Gasteiger partial charge on any atom is 0.240 e. The normalized spacial score (nSPS) is 22.2. The van der Waals surface area contributed by atoms with Gasteiger partial charge in [0, 0.05) is 18.4 Å². The number of hydrogen-bond donors (Lipinski definition) is 2. The summed E-state index contributed by atoms with van der Waals surface area (Å²) >= 11 is 0. The van der Waals surface area contributed by atoms with E-state index in [1.807, 2.05) is 0 Å². The van der Waals surface area contributed by atoms with E-state index >= 15 is 0 Å². The Morgan fingerprint density at radius 1 is 1.38 bits per heavy atom. The van der Waals surface area contributed by atoms with Gasteiger partial charge in [0.1, 0.15) is 0 Å². The molecule has 1 aliphatic rings. The second-order valence-electron chi connectivity index (χ2n) is 5.53. The van der Waals surface area contributed by atoms with Crippen molar-refractivity contribution in [2.45, 2.75) is 38.6 Å². The fourth-order valence-corrected chi connectivity index (χ4v) is 3.12. The van der Waals surface area contributed by atoms with Gasteiger partial charge < -0.3 is 5.73 Å². The highest BCUT2D eigenvalue weighted by Gasteiger charge is 2.29. The zero-order valence-corrected chi connectivity index (χ0v) is 12.7. The first-order valence-corrected chi connectivity index (χ1v) is 7.75. The van der Waals surface area contributed by atoms with Crippen LogP contribution in [0.5, 0.6) is 0 Å². The Balaban J connectivity index is 1.93. The highest BCUT2D eigenvalue weighted by Crippen LogP contribution is 2.27. The van der Waals surface area contributed by atoms with Gasteiger partial charge in [-0.25, -0.2) is 9.97 Å². The number of nitrogens with one attached hydrogen (secondary N) is 1. The van der Waals surface area contributed by atoms with Gasteiger partial charge >= 0.3 is 0 Å². The fourth-order valence-electron chi connectivity index (χ4n) is 3.12. The van der Waals surface area contributed by atoms with Crippen molar-refractivity contribution in [3.8, 4) is 0 Å². The first-order chi connectivity index (χ1) is 10.2. The summed E-state index contributed by atoms with van der Waals surface area (Å²) in [6.07, 6.45) is 8.00. The lowest BCUT2D eigenvalue weighted by Gasteiger charge is -2.38. The summed E-state index contributed by atoms with van der Waals surface area (Å²) < 4.78 is 0. The van der Waals surface area contributed by atoms with E-state index in [1.165, 1.54) is 19.3 Å². The number of hydrogen-bond acceptors (Lipinski definition) is 5. The maximum atomic E-state index is 12.2. The minimum atomic E-state index is -0.0654. The van der Waals surface area contributed by atoms with Crippen LogP contribution in [0.2, 0.25) is 0 Å². The van der Waals surface area contributed by atoms with Crippen molar-refractivity contribution in [3.05, 3.63) is 18.5 Å². The summed E-state index contributed by atoms with van der Waals surface area (Å²) in [4.78, 5) is 22.4. The fraction of sp³-hybridized carbons (Fsp3) is 0.667. The van der Waals surface area contributed by atoms with Crippen LogP contribution in [0.15, 0.2) is 18.5 Å². The van der Waals surface area contributed by atoms with Gasteiger partial charge in [0.2, 0.25) is 11.9 Å². The topological polar surface area (TPSA) is 84.1 Å². The monoisotopic (exact) mass is 291 g/mol. The van der Waals surface area contributed by atoms with E-state index in [4.69, 9.17) is 5.73 Å². The third kappa shape index (κ3) is 4.47. The molecule has 0 radical (unpaired) electrons. The zero-order chi connectivity index (χ0) is 15.1. The van der Waals surface area contributed by atoms with E-state index in [9.17, 15) is 4.79 Å². The number of carbonyl (C=O) groups is 1. The molecular formula is C15H25N5O. The van der Waals surface area contributed by atoms with Gasteiger partial charge in [0.25, 0.3) is 0 Å². The van der Waals surface area contributed by atoms with Gasteiger partial charge in [0.05, 0.1) is 6.54 Å². The Kier molecular flexibility index (Phi) is 6.07. The standard InChI is InChI=1S/C15H25N5O/c1-2-20(13-7-4-3-6-12(13)10-16)11-14(21)19-15-17-8-5-9-18-15/h5,8-9,12-13H,2-4,6-7,10-11,16H2,1H3,(H,17,18,19,21). The highest BCUT2D eigenvalue weighted by molar-refractivity contribution is 5.90. The molecule has 6 nitrogen and oxygen atoms in total. The molecule has 2 atom stereocenters. The van der Waals surface area contributed by atoms with Crippen LogP contribution in [-0.2, 0) is 4.79 Å². The van der Waals surface area contributed by atoms with Crippen LogP contribution in [0.4, 0.5) is 5.95 Å². The van der Waals surface area contributed by atoms with Crippen LogP contribution in [0.1, 0.15) is 32.6 Å². The molecule has 2 unspecified atom stereocenters. The molecule has 21 heavy (non-hydrogen) atoms. The molecule has 1 aliphatic carbocycles. The number of rotatable bonds is 6. The predicted molar refractivity (Wildman–Crippen MR) is 82.7 cm³/mol. The minimum Gasteiger partial charge on any atom is -0.330 e. The molecule has 1 fully saturated rings. The van der Waals surface area contributed by atoms with Crippen molar-refractivity contribution >= 4 is 11.9 Å². The number of nitrogens with zero attached hydrogens (tertiary/aromatic N) is 3. The van der Waals surface area contributed by atoms with Gasteiger partial charge in [-0.05, 0) is 37.9 Å². The molecule has 1 saturated carbocycles. The van der Waals surface area contributed by atoms with Crippen LogP contribution in [0.3, 0.4) is 0 Å². The second-order valence-corrected chi connectivity index (χ2v) is 5.53. The van der Waals surface area contributed by atoms with Gasteiger partial charge in [-0.1, -0.05) is 19.8 Å². The number of aromatic nitrogens is 2. The number of likely N-dealkylation sites (N-methyl/N-ethyl adjacent to an activating group) is 1. The van der Waals surface area contributed by atoms with Crippen molar-refractivity contribution in [2.75, 3.05) is 25.0 Å². The Bertz CT molecular complexity index is 439. The third-order valence-corrected chi connectivity index (χ3v) is 4.21. The molecule has 1 aromatic heterocycles. The summed E-state index contributed by atoms with van der Waals surface area (Å²) in [6.45, 7) is 4.01. The average molecular weight is 291 g/mol. The molecule has 1 amide bonds. The SMILES string of the molecule is CCN(CC(=O)Nc1ncccn1)C1CCCCC1CN. The third-order valence-electron chi connectivity index (χ3n) is 4.21. The number of anilines is 1. The van der Waals surface area contributed by atoms with Crippen molar-refractivity contribution in [3.63, 3.8) is 0 Å². The van der Waals surface area contributed by atoms with Crippen molar-refractivity contribution < 1.29 is 4.79 Å². The Morgan fingerprint density at radius 2 is 2.10 bits per heavy atom. The maximum absolute atomic E-state index is 12.2. The van der Waals surface area contributed by atoms with Crippen molar-refractivity contribution in [2.24, 2.45) is 11.7 Å². The number of carbonyl (C=O) groups excluding carboxylic acids is 1. The predicted octanol–water partition coefficient (Wildman–Crippen LogP) is 1.25. The van der Waals surface area contributed by atoms with Gasteiger partial charge in [0.15, 0.2) is 0 Å². The Hall–Kier alpha value is -1.53. The quantitative estimate of drug-likeness (QED) is 0.824. The molecule has 0 aromatic carbocycles. The molecule has 1 heterocycles. The molecule has 2 rings (SSSR count). The Labute approximate surface area is 126 Å². The van der Waals surface area contributed by atoms with Crippen molar-refractivity contribution in [1.82, 2.24) is 14.9 Å². The van der Waals surface area contributed by atoms with Crippen LogP contribution >= 0.6 is 0 Å². The molecule has 6 heteroatoms. The number of amides is 1. The summed E-state index contributed by atoms with van der Waals surface area (Å²) in [6, 6.07) is 2.14. The smallest absolute Gasteiger partial charge is 0.240 e. The van der Waals surface area contributed by atoms with E-state index in [0.717, 1.165) is 13.0 Å². The summed E-state index contributed by atoms with van der Waals surface area (Å²) in [5, 5.41) is 2.74. The van der Waals surface area contributed by atoms with E-state index in [1.54, 1.807) is 18.5 Å². The second kappa shape index (κ2) is 8.05.